The molecular formula is C10H15N5O. The molecule has 1 aliphatic rings. The van der Waals surface area contributed by atoms with Crippen molar-refractivity contribution < 1.29 is 4.79 Å². The summed E-state index contributed by atoms with van der Waals surface area (Å²) in [5.74, 6) is 0.790. The van der Waals surface area contributed by atoms with Gasteiger partial charge in [-0.15, -0.1) is 0 Å². The van der Waals surface area contributed by atoms with E-state index in [9.17, 15) is 4.79 Å². The molecule has 6 nitrogen and oxygen atoms in total. The molecule has 2 rings (SSSR count). The van der Waals surface area contributed by atoms with Crippen molar-refractivity contribution in [3.63, 3.8) is 0 Å². The van der Waals surface area contributed by atoms with Gasteiger partial charge >= 0.3 is 0 Å². The normalized spacial score (nSPS) is 15.9. The fraction of sp³-hybridized carbons (Fsp3) is 0.500. The van der Waals surface area contributed by atoms with Gasteiger partial charge in [0.05, 0.1) is 6.54 Å². The molecule has 0 aromatic carbocycles. The Balaban J connectivity index is 1.79. The first kappa shape index (κ1) is 10.8. The summed E-state index contributed by atoms with van der Waals surface area (Å²) in [6, 6.07) is 1.74. The van der Waals surface area contributed by atoms with Crippen LogP contribution < -0.4 is 10.6 Å². The number of rotatable bonds is 3. The molecule has 86 valence electrons. The third-order valence-corrected chi connectivity index (χ3v) is 2.47. The van der Waals surface area contributed by atoms with E-state index >= 15 is 0 Å². The lowest BCUT2D eigenvalue weighted by Gasteiger charge is -2.27. The topological polar surface area (TPSA) is 70.2 Å². The van der Waals surface area contributed by atoms with Gasteiger partial charge in [-0.3, -0.25) is 4.79 Å². The van der Waals surface area contributed by atoms with Crippen LogP contribution in [0, 0.1) is 0 Å². The Morgan fingerprint density at radius 3 is 3.00 bits per heavy atom. The van der Waals surface area contributed by atoms with E-state index in [1.54, 1.807) is 12.3 Å². The van der Waals surface area contributed by atoms with Gasteiger partial charge in [-0.2, -0.15) is 0 Å². The van der Waals surface area contributed by atoms with E-state index in [0.29, 0.717) is 5.82 Å². The lowest BCUT2D eigenvalue weighted by atomic mass is 10.3. The van der Waals surface area contributed by atoms with Crippen molar-refractivity contribution in [3.8, 4) is 0 Å². The smallest absolute Gasteiger partial charge is 0.242 e. The molecule has 16 heavy (non-hydrogen) atoms. The van der Waals surface area contributed by atoms with Gasteiger partial charge in [-0.1, -0.05) is 0 Å². The molecule has 0 aliphatic carbocycles. The molecule has 2 heterocycles. The minimum Gasteiger partial charge on any atom is -0.361 e. The first-order valence-electron chi connectivity index (χ1n) is 5.34. The Morgan fingerprint density at radius 2 is 2.31 bits per heavy atom. The van der Waals surface area contributed by atoms with Gasteiger partial charge in [0.15, 0.2) is 0 Å². The molecule has 1 aromatic heterocycles. The number of aromatic nitrogens is 2. The standard InChI is InChI=1S/C10H15N5O/c16-10(15-5-3-11-4-6-15)7-13-9-1-2-12-8-14-9/h1-2,8,11H,3-7H2,(H,12,13,14). The number of piperazine rings is 1. The van der Waals surface area contributed by atoms with E-state index < -0.39 is 0 Å². The molecule has 6 heteroatoms. The summed E-state index contributed by atoms with van der Waals surface area (Å²) in [6.45, 7) is 3.60. The third-order valence-electron chi connectivity index (χ3n) is 2.47. The summed E-state index contributed by atoms with van der Waals surface area (Å²) in [7, 11) is 0. The van der Waals surface area contributed by atoms with Crippen molar-refractivity contribution in [2.45, 2.75) is 0 Å². The maximum atomic E-state index is 11.8. The lowest BCUT2D eigenvalue weighted by Crippen LogP contribution is -2.48. The molecular weight excluding hydrogens is 206 g/mol. The second-order valence-corrected chi connectivity index (χ2v) is 3.58. The minimum atomic E-state index is 0.111. The van der Waals surface area contributed by atoms with Crippen molar-refractivity contribution in [2.24, 2.45) is 0 Å². The van der Waals surface area contributed by atoms with Crippen LogP contribution in [0.3, 0.4) is 0 Å². The third kappa shape index (κ3) is 2.90. The highest BCUT2D eigenvalue weighted by atomic mass is 16.2. The lowest BCUT2D eigenvalue weighted by molar-refractivity contribution is -0.129. The zero-order valence-corrected chi connectivity index (χ0v) is 9.02. The number of nitrogens with zero attached hydrogens (tertiary/aromatic N) is 3. The van der Waals surface area contributed by atoms with Crippen LogP contribution in [-0.2, 0) is 4.79 Å². The number of hydrogen-bond acceptors (Lipinski definition) is 5. The summed E-state index contributed by atoms with van der Waals surface area (Å²) >= 11 is 0. The Bertz CT molecular complexity index is 336. The van der Waals surface area contributed by atoms with Gasteiger partial charge in [0, 0.05) is 32.4 Å². The fourth-order valence-electron chi connectivity index (χ4n) is 1.59. The molecule has 1 fully saturated rings. The van der Waals surface area contributed by atoms with Gasteiger partial charge < -0.3 is 15.5 Å². The van der Waals surface area contributed by atoms with E-state index in [4.69, 9.17) is 0 Å². The first-order valence-corrected chi connectivity index (χ1v) is 5.34. The number of carbonyl (C=O) groups is 1. The van der Waals surface area contributed by atoms with Crippen LogP contribution in [0.15, 0.2) is 18.6 Å². The van der Waals surface area contributed by atoms with E-state index in [0.717, 1.165) is 26.2 Å². The highest BCUT2D eigenvalue weighted by Gasteiger charge is 2.15. The van der Waals surface area contributed by atoms with Crippen molar-refractivity contribution in [1.82, 2.24) is 20.2 Å². The Labute approximate surface area is 94.1 Å². The Kier molecular flexibility index (Phi) is 3.66. The van der Waals surface area contributed by atoms with Crippen molar-refractivity contribution >= 4 is 11.7 Å². The fourth-order valence-corrected chi connectivity index (χ4v) is 1.59. The zero-order chi connectivity index (χ0) is 11.2. The maximum Gasteiger partial charge on any atom is 0.242 e. The van der Waals surface area contributed by atoms with Gasteiger partial charge in [0.2, 0.25) is 5.91 Å². The maximum absolute atomic E-state index is 11.8. The van der Waals surface area contributed by atoms with Crippen LogP contribution in [0.5, 0.6) is 0 Å². The van der Waals surface area contributed by atoms with Gasteiger partial charge in [-0.05, 0) is 6.07 Å². The summed E-state index contributed by atoms with van der Waals surface area (Å²) < 4.78 is 0. The number of carbonyl (C=O) groups excluding carboxylic acids is 1. The van der Waals surface area contributed by atoms with Crippen molar-refractivity contribution in [1.29, 1.82) is 0 Å². The van der Waals surface area contributed by atoms with Crippen LogP contribution in [0.1, 0.15) is 0 Å². The van der Waals surface area contributed by atoms with Gasteiger partial charge in [0.25, 0.3) is 0 Å². The molecule has 2 N–H and O–H groups in total. The summed E-state index contributed by atoms with van der Waals surface area (Å²) in [4.78, 5) is 21.4. The molecule has 1 aliphatic heterocycles. The van der Waals surface area contributed by atoms with Gasteiger partial charge in [0.1, 0.15) is 12.1 Å². The summed E-state index contributed by atoms with van der Waals surface area (Å²) in [6.07, 6.45) is 3.10. The molecule has 1 amide bonds. The molecule has 0 radical (unpaired) electrons. The molecule has 1 saturated heterocycles. The monoisotopic (exact) mass is 221 g/mol. The Morgan fingerprint density at radius 1 is 1.50 bits per heavy atom. The molecule has 0 bridgehead atoms. The SMILES string of the molecule is O=C(CNc1ccncn1)N1CCNCC1. The highest BCUT2D eigenvalue weighted by molar-refractivity contribution is 5.80. The molecule has 0 saturated carbocycles. The average Bonchev–Trinajstić information content (AvgIpc) is 2.38. The predicted molar refractivity (Wildman–Crippen MR) is 60.0 cm³/mol. The van der Waals surface area contributed by atoms with E-state index in [1.807, 2.05) is 4.90 Å². The highest BCUT2D eigenvalue weighted by Crippen LogP contribution is 1.99. The average molecular weight is 221 g/mol. The summed E-state index contributed by atoms with van der Waals surface area (Å²) in [5, 5.41) is 6.19. The zero-order valence-electron chi connectivity index (χ0n) is 9.02. The first-order chi connectivity index (χ1) is 7.86. The number of anilines is 1. The number of amides is 1. The van der Waals surface area contributed by atoms with E-state index in [2.05, 4.69) is 20.6 Å². The predicted octanol–water partition coefficient (Wildman–Crippen LogP) is -0.680. The molecule has 1 aromatic rings. The number of hydrogen-bond donors (Lipinski definition) is 2. The van der Waals surface area contributed by atoms with Crippen LogP contribution in [0.2, 0.25) is 0 Å². The molecule has 0 unspecified atom stereocenters. The Hall–Kier alpha value is -1.69. The second kappa shape index (κ2) is 5.41. The van der Waals surface area contributed by atoms with Crippen LogP contribution in [-0.4, -0.2) is 53.5 Å². The van der Waals surface area contributed by atoms with Crippen molar-refractivity contribution in [2.75, 3.05) is 38.0 Å². The van der Waals surface area contributed by atoms with Crippen LogP contribution >= 0.6 is 0 Å². The van der Waals surface area contributed by atoms with Crippen LogP contribution in [0.25, 0.3) is 0 Å². The second-order valence-electron chi connectivity index (χ2n) is 3.58. The minimum absolute atomic E-state index is 0.111. The summed E-state index contributed by atoms with van der Waals surface area (Å²) in [5.41, 5.74) is 0. The number of nitrogens with one attached hydrogen (secondary N) is 2. The van der Waals surface area contributed by atoms with E-state index in [-0.39, 0.29) is 12.5 Å². The van der Waals surface area contributed by atoms with Crippen LogP contribution in [0.4, 0.5) is 5.82 Å². The van der Waals surface area contributed by atoms with Gasteiger partial charge in [-0.25, -0.2) is 9.97 Å². The quantitative estimate of drug-likeness (QED) is 0.707. The molecule has 0 atom stereocenters. The molecule has 0 spiro atoms. The largest absolute Gasteiger partial charge is 0.361 e. The van der Waals surface area contributed by atoms with E-state index in [1.165, 1.54) is 6.33 Å². The van der Waals surface area contributed by atoms with Crippen molar-refractivity contribution in [3.05, 3.63) is 18.6 Å².